The lowest BCUT2D eigenvalue weighted by atomic mass is 9.95. The highest BCUT2D eigenvalue weighted by molar-refractivity contribution is 5.70. The maximum absolute atomic E-state index is 5.68. The minimum atomic E-state index is 0.655. The zero-order valence-corrected chi connectivity index (χ0v) is 11.6. The summed E-state index contributed by atoms with van der Waals surface area (Å²) in [7, 11) is 1.96. The summed E-state index contributed by atoms with van der Waals surface area (Å²) in [4.78, 5) is 0. The van der Waals surface area contributed by atoms with Gasteiger partial charge in [-0.2, -0.15) is 5.10 Å². The number of hydrogen-bond donors (Lipinski definition) is 1. The Bertz CT molecular complexity index is 544. The molecule has 0 unspecified atom stereocenters. The first kappa shape index (κ1) is 12.8. The lowest BCUT2D eigenvalue weighted by Gasteiger charge is -2.10. The Morgan fingerprint density at radius 3 is 2.33 bits per heavy atom. The fourth-order valence-corrected chi connectivity index (χ4v) is 2.64. The van der Waals surface area contributed by atoms with Crippen LogP contribution in [0.25, 0.3) is 11.3 Å². The van der Waals surface area contributed by atoms with E-state index in [-0.39, 0.29) is 0 Å². The lowest BCUT2D eigenvalue weighted by molar-refractivity contribution is 0.769. The number of rotatable bonds is 3. The van der Waals surface area contributed by atoms with Crippen LogP contribution >= 0.6 is 0 Å². The molecule has 0 saturated carbocycles. The van der Waals surface area contributed by atoms with Crippen molar-refractivity contribution < 1.29 is 0 Å². The zero-order valence-electron chi connectivity index (χ0n) is 11.6. The Kier molecular flexibility index (Phi) is 3.53. The zero-order chi connectivity index (χ0) is 13.3. The van der Waals surface area contributed by atoms with E-state index in [1.807, 2.05) is 11.7 Å². The Morgan fingerprint density at radius 2 is 1.78 bits per heavy atom. The Morgan fingerprint density at radius 1 is 1.17 bits per heavy atom. The van der Waals surface area contributed by atoms with Crippen LogP contribution in [-0.2, 0) is 13.5 Å². The largest absolute Gasteiger partial charge is 0.330 e. The molecule has 0 amide bonds. The van der Waals surface area contributed by atoms with E-state index in [0.717, 1.165) is 12.1 Å². The van der Waals surface area contributed by atoms with E-state index < -0.39 is 0 Å². The molecule has 1 aromatic carbocycles. The summed E-state index contributed by atoms with van der Waals surface area (Å²) in [6.45, 7) is 7.08. The molecule has 0 spiro atoms. The first-order valence-electron chi connectivity index (χ1n) is 6.33. The van der Waals surface area contributed by atoms with E-state index in [1.165, 1.54) is 27.8 Å². The summed E-state index contributed by atoms with van der Waals surface area (Å²) in [5, 5.41) is 4.61. The number of benzene rings is 1. The van der Waals surface area contributed by atoms with E-state index in [4.69, 9.17) is 5.73 Å². The molecule has 3 nitrogen and oxygen atoms in total. The molecular formula is C15H21N3. The Hall–Kier alpha value is -1.61. The molecule has 1 heterocycles. The number of hydrogen-bond acceptors (Lipinski definition) is 2. The third-order valence-electron chi connectivity index (χ3n) is 3.23. The molecule has 0 fully saturated rings. The van der Waals surface area contributed by atoms with Gasteiger partial charge in [-0.25, -0.2) is 0 Å². The van der Waals surface area contributed by atoms with E-state index in [2.05, 4.69) is 44.2 Å². The fourth-order valence-electron chi connectivity index (χ4n) is 2.64. The van der Waals surface area contributed by atoms with Crippen LogP contribution in [0.1, 0.15) is 22.3 Å². The van der Waals surface area contributed by atoms with Crippen LogP contribution in [0.3, 0.4) is 0 Å². The number of nitrogens with zero attached hydrogens (tertiary/aromatic N) is 2. The highest BCUT2D eigenvalue weighted by Crippen LogP contribution is 2.29. The van der Waals surface area contributed by atoms with Gasteiger partial charge < -0.3 is 5.73 Å². The van der Waals surface area contributed by atoms with Crippen molar-refractivity contribution in [2.45, 2.75) is 27.2 Å². The molecule has 0 atom stereocenters. The van der Waals surface area contributed by atoms with Gasteiger partial charge in [0, 0.05) is 18.8 Å². The van der Waals surface area contributed by atoms with Crippen LogP contribution in [0.2, 0.25) is 0 Å². The molecule has 96 valence electrons. The van der Waals surface area contributed by atoms with Crippen LogP contribution in [0, 0.1) is 20.8 Å². The summed E-state index contributed by atoms with van der Waals surface area (Å²) in [5.41, 5.74) is 13.1. The topological polar surface area (TPSA) is 43.8 Å². The normalized spacial score (nSPS) is 10.9. The van der Waals surface area contributed by atoms with Crippen molar-refractivity contribution in [3.05, 3.63) is 40.6 Å². The monoisotopic (exact) mass is 243 g/mol. The second-order valence-electron chi connectivity index (χ2n) is 4.99. The van der Waals surface area contributed by atoms with Gasteiger partial charge in [0.25, 0.3) is 0 Å². The van der Waals surface area contributed by atoms with Gasteiger partial charge in [0.1, 0.15) is 0 Å². The predicted octanol–water partition coefficient (Wildman–Crippen LogP) is 2.51. The van der Waals surface area contributed by atoms with Gasteiger partial charge in [0.05, 0.1) is 5.69 Å². The summed E-state index contributed by atoms with van der Waals surface area (Å²) >= 11 is 0. The van der Waals surface area contributed by atoms with E-state index in [9.17, 15) is 0 Å². The molecule has 0 aliphatic heterocycles. The maximum Gasteiger partial charge on any atom is 0.0960 e. The highest BCUT2D eigenvalue weighted by atomic mass is 15.3. The van der Waals surface area contributed by atoms with Gasteiger partial charge in [0.15, 0.2) is 0 Å². The van der Waals surface area contributed by atoms with Crippen LogP contribution < -0.4 is 5.73 Å². The minimum Gasteiger partial charge on any atom is -0.330 e. The van der Waals surface area contributed by atoms with Crippen LogP contribution in [0.5, 0.6) is 0 Å². The van der Waals surface area contributed by atoms with E-state index in [1.54, 1.807) is 0 Å². The first-order valence-corrected chi connectivity index (χ1v) is 6.33. The molecule has 0 aliphatic carbocycles. The van der Waals surface area contributed by atoms with E-state index in [0.29, 0.717) is 6.54 Å². The molecule has 0 saturated heterocycles. The Labute approximate surface area is 109 Å². The molecule has 18 heavy (non-hydrogen) atoms. The highest BCUT2D eigenvalue weighted by Gasteiger charge is 2.14. The smallest absolute Gasteiger partial charge is 0.0960 e. The van der Waals surface area contributed by atoms with Crippen LogP contribution in [-0.4, -0.2) is 16.3 Å². The van der Waals surface area contributed by atoms with Crippen molar-refractivity contribution >= 4 is 0 Å². The molecule has 2 aromatic rings. The van der Waals surface area contributed by atoms with Crippen molar-refractivity contribution in [2.24, 2.45) is 12.8 Å². The third-order valence-corrected chi connectivity index (χ3v) is 3.23. The average Bonchev–Trinajstić information content (AvgIpc) is 2.58. The van der Waals surface area contributed by atoms with Gasteiger partial charge in [-0.1, -0.05) is 17.7 Å². The maximum atomic E-state index is 5.68. The SMILES string of the molecule is Cc1cc(C)c(-c2nn(C)cc2CCN)c(C)c1. The standard InChI is InChI=1S/C15H21N3/c1-10-7-11(2)14(12(3)8-10)15-13(5-6-16)9-18(4)17-15/h7-9H,5-6,16H2,1-4H3. The van der Waals surface area contributed by atoms with Gasteiger partial charge in [-0.05, 0) is 50.4 Å². The molecule has 0 bridgehead atoms. The van der Waals surface area contributed by atoms with Gasteiger partial charge >= 0.3 is 0 Å². The third kappa shape index (κ3) is 2.31. The van der Waals surface area contributed by atoms with Crippen molar-refractivity contribution in [3.8, 4) is 11.3 Å². The van der Waals surface area contributed by atoms with Crippen LogP contribution in [0.4, 0.5) is 0 Å². The minimum absolute atomic E-state index is 0.655. The second-order valence-corrected chi connectivity index (χ2v) is 4.99. The van der Waals surface area contributed by atoms with Crippen molar-refractivity contribution in [3.63, 3.8) is 0 Å². The predicted molar refractivity (Wildman–Crippen MR) is 75.6 cm³/mol. The molecule has 2 rings (SSSR count). The molecule has 1 aromatic heterocycles. The second kappa shape index (κ2) is 4.94. The van der Waals surface area contributed by atoms with Crippen LogP contribution in [0.15, 0.2) is 18.3 Å². The van der Waals surface area contributed by atoms with Gasteiger partial charge in [-0.15, -0.1) is 0 Å². The van der Waals surface area contributed by atoms with Crippen molar-refractivity contribution in [1.29, 1.82) is 0 Å². The van der Waals surface area contributed by atoms with Gasteiger partial charge in [-0.3, -0.25) is 4.68 Å². The summed E-state index contributed by atoms with van der Waals surface area (Å²) < 4.78 is 1.87. The van der Waals surface area contributed by atoms with Gasteiger partial charge in [0.2, 0.25) is 0 Å². The summed E-state index contributed by atoms with van der Waals surface area (Å²) in [5.74, 6) is 0. The number of aromatic nitrogens is 2. The van der Waals surface area contributed by atoms with Crippen molar-refractivity contribution in [2.75, 3.05) is 6.54 Å². The number of aryl methyl sites for hydroxylation is 4. The fraction of sp³-hybridized carbons (Fsp3) is 0.400. The molecule has 0 radical (unpaired) electrons. The Balaban J connectivity index is 2.61. The summed E-state index contributed by atoms with van der Waals surface area (Å²) in [6.07, 6.45) is 2.94. The lowest BCUT2D eigenvalue weighted by Crippen LogP contribution is -2.03. The quantitative estimate of drug-likeness (QED) is 0.900. The molecule has 0 aliphatic rings. The average molecular weight is 243 g/mol. The molecule has 2 N–H and O–H groups in total. The van der Waals surface area contributed by atoms with E-state index >= 15 is 0 Å². The number of nitrogens with two attached hydrogens (primary N) is 1. The first-order chi connectivity index (χ1) is 8.52. The molecular weight excluding hydrogens is 222 g/mol. The molecule has 3 heteroatoms. The summed E-state index contributed by atoms with van der Waals surface area (Å²) in [6, 6.07) is 4.42. The van der Waals surface area contributed by atoms with Crippen molar-refractivity contribution in [1.82, 2.24) is 9.78 Å².